The summed E-state index contributed by atoms with van der Waals surface area (Å²) in [6.45, 7) is 1.44. The Morgan fingerprint density at radius 3 is 2.96 bits per heavy atom. The summed E-state index contributed by atoms with van der Waals surface area (Å²) in [5, 5.41) is 1.09. The summed E-state index contributed by atoms with van der Waals surface area (Å²) in [6, 6.07) is 9.95. The molecule has 0 aliphatic carbocycles. The van der Waals surface area contributed by atoms with Crippen LogP contribution in [0.15, 0.2) is 42.7 Å². The molecule has 0 saturated carbocycles. The predicted octanol–water partition coefficient (Wildman–Crippen LogP) is 2.49. The Morgan fingerprint density at radius 1 is 1.29 bits per heavy atom. The Bertz CT molecular complexity index is 862. The van der Waals surface area contributed by atoms with E-state index in [9.17, 15) is 4.79 Å². The number of aromatic nitrogens is 2. The largest absolute Gasteiger partial charge is 0.382 e. The van der Waals surface area contributed by atoms with Crippen LogP contribution in [0.3, 0.4) is 0 Å². The summed E-state index contributed by atoms with van der Waals surface area (Å²) in [6.07, 6.45) is 2.79. The van der Waals surface area contributed by atoms with Crippen LogP contribution in [0, 0.1) is 0 Å². The van der Waals surface area contributed by atoms with Crippen LogP contribution in [-0.4, -0.2) is 40.5 Å². The summed E-state index contributed by atoms with van der Waals surface area (Å²) in [5.41, 5.74) is 6.47. The van der Waals surface area contributed by atoms with E-state index in [2.05, 4.69) is 9.97 Å². The molecule has 1 aliphatic rings. The molecular formula is C17H16N4O2S. The number of hydrogen-bond acceptors (Lipinski definition) is 6. The number of amides is 1. The van der Waals surface area contributed by atoms with Gasteiger partial charge in [0.25, 0.3) is 5.91 Å². The summed E-state index contributed by atoms with van der Waals surface area (Å²) >= 11 is 1.51. The molecule has 6 nitrogen and oxygen atoms in total. The van der Waals surface area contributed by atoms with Crippen molar-refractivity contribution in [3.8, 4) is 0 Å². The second-order valence-electron chi connectivity index (χ2n) is 5.59. The van der Waals surface area contributed by atoms with Crippen LogP contribution < -0.4 is 5.73 Å². The third-order valence-electron chi connectivity index (χ3n) is 4.05. The highest BCUT2D eigenvalue weighted by Crippen LogP contribution is 2.29. The summed E-state index contributed by atoms with van der Waals surface area (Å²) in [5.74, 6) is 0.366. The van der Waals surface area contributed by atoms with Gasteiger partial charge in [-0.05, 0) is 17.5 Å². The van der Waals surface area contributed by atoms with Crippen LogP contribution >= 0.6 is 11.3 Å². The minimum atomic E-state index is -0.342. The quantitative estimate of drug-likeness (QED) is 0.775. The van der Waals surface area contributed by atoms with Gasteiger partial charge >= 0.3 is 0 Å². The molecule has 1 fully saturated rings. The van der Waals surface area contributed by atoms with Crippen molar-refractivity contribution in [1.82, 2.24) is 14.9 Å². The highest BCUT2D eigenvalue weighted by molar-refractivity contribution is 7.20. The zero-order chi connectivity index (χ0) is 16.5. The Morgan fingerprint density at radius 2 is 2.12 bits per heavy atom. The molecule has 122 valence electrons. The molecule has 2 aromatic heterocycles. The topological polar surface area (TPSA) is 81.3 Å². The molecular weight excluding hydrogens is 324 g/mol. The zero-order valence-electron chi connectivity index (χ0n) is 12.9. The number of rotatable bonds is 2. The lowest BCUT2D eigenvalue weighted by molar-refractivity contribution is -0.0243. The monoisotopic (exact) mass is 340 g/mol. The van der Waals surface area contributed by atoms with Crippen molar-refractivity contribution in [3.63, 3.8) is 0 Å². The number of ether oxygens (including phenoxy) is 1. The van der Waals surface area contributed by atoms with Crippen molar-refractivity contribution in [2.45, 2.75) is 6.10 Å². The number of morpholine rings is 1. The molecule has 0 spiro atoms. The van der Waals surface area contributed by atoms with Gasteiger partial charge in [-0.25, -0.2) is 4.98 Å². The lowest BCUT2D eigenvalue weighted by Gasteiger charge is -2.32. The molecule has 3 heterocycles. The Kier molecular flexibility index (Phi) is 3.87. The number of anilines is 1. The summed E-state index contributed by atoms with van der Waals surface area (Å²) in [7, 11) is 0. The maximum absolute atomic E-state index is 12.8. The summed E-state index contributed by atoms with van der Waals surface area (Å²) < 4.78 is 6.86. The maximum Gasteiger partial charge on any atom is 0.264 e. The van der Waals surface area contributed by atoms with Crippen LogP contribution in [0.2, 0.25) is 0 Å². The van der Waals surface area contributed by atoms with Gasteiger partial charge in [0.15, 0.2) is 0 Å². The van der Waals surface area contributed by atoms with Gasteiger partial charge in [-0.3, -0.25) is 9.78 Å². The average Bonchev–Trinajstić information content (AvgIpc) is 3.06. The molecule has 1 aromatic carbocycles. The number of nitrogens with two attached hydrogens (primary N) is 1. The first-order valence-electron chi connectivity index (χ1n) is 7.68. The third kappa shape index (κ3) is 2.72. The van der Waals surface area contributed by atoms with Gasteiger partial charge in [0.2, 0.25) is 0 Å². The lowest BCUT2D eigenvalue weighted by atomic mass is 10.2. The Labute approximate surface area is 142 Å². The van der Waals surface area contributed by atoms with Gasteiger partial charge in [0.1, 0.15) is 17.6 Å². The predicted molar refractivity (Wildman–Crippen MR) is 92.9 cm³/mol. The fourth-order valence-electron chi connectivity index (χ4n) is 2.85. The van der Waals surface area contributed by atoms with Gasteiger partial charge in [-0.2, -0.15) is 0 Å². The number of hydrogen-bond donors (Lipinski definition) is 1. The zero-order valence-corrected chi connectivity index (χ0v) is 13.7. The number of nitrogens with zero attached hydrogens (tertiary/aromatic N) is 3. The number of thiophene rings is 1. The molecule has 1 aliphatic heterocycles. The van der Waals surface area contributed by atoms with Crippen LogP contribution in [0.4, 0.5) is 5.82 Å². The van der Waals surface area contributed by atoms with E-state index >= 15 is 0 Å². The van der Waals surface area contributed by atoms with E-state index in [4.69, 9.17) is 10.5 Å². The molecule has 0 bridgehead atoms. The normalized spacial score (nSPS) is 18.0. The minimum absolute atomic E-state index is 0.0203. The molecule has 3 aromatic rings. The number of carbonyl (C=O) groups is 1. The van der Waals surface area contributed by atoms with E-state index in [1.807, 2.05) is 30.3 Å². The number of benzene rings is 1. The SMILES string of the molecule is Nc1nccnc1[C@@H]1CN(C(=O)c2cc3ccccc3s2)CCO1. The second-order valence-corrected chi connectivity index (χ2v) is 6.67. The molecule has 0 unspecified atom stereocenters. The van der Waals surface area contributed by atoms with E-state index in [-0.39, 0.29) is 12.0 Å². The smallest absolute Gasteiger partial charge is 0.264 e. The minimum Gasteiger partial charge on any atom is -0.382 e. The molecule has 1 amide bonds. The summed E-state index contributed by atoms with van der Waals surface area (Å²) in [4.78, 5) is 23.7. The van der Waals surface area contributed by atoms with E-state index in [1.165, 1.54) is 11.3 Å². The van der Waals surface area contributed by atoms with E-state index in [0.29, 0.717) is 31.2 Å². The lowest BCUT2D eigenvalue weighted by Crippen LogP contribution is -2.42. The van der Waals surface area contributed by atoms with Gasteiger partial charge in [-0.15, -0.1) is 11.3 Å². The molecule has 1 atom stereocenters. The van der Waals surface area contributed by atoms with Crippen molar-refractivity contribution in [1.29, 1.82) is 0 Å². The third-order valence-corrected chi connectivity index (χ3v) is 5.16. The van der Waals surface area contributed by atoms with Crippen molar-refractivity contribution in [2.24, 2.45) is 0 Å². The second kappa shape index (κ2) is 6.18. The van der Waals surface area contributed by atoms with Crippen LogP contribution in [-0.2, 0) is 4.74 Å². The highest BCUT2D eigenvalue weighted by atomic mass is 32.1. The van der Waals surface area contributed by atoms with Crippen molar-refractivity contribution in [2.75, 3.05) is 25.4 Å². The maximum atomic E-state index is 12.8. The first kappa shape index (κ1) is 15.0. The van der Waals surface area contributed by atoms with Crippen LogP contribution in [0.1, 0.15) is 21.5 Å². The molecule has 24 heavy (non-hydrogen) atoms. The number of nitrogen functional groups attached to an aromatic ring is 1. The van der Waals surface area contributed by atoms with Crippen molar-refractivity contribution >= 4 is 33.1 Å². The van der Waals surface area contributed by atoms with Crippen molar-refractivity contribution in [3.05, 3.63) is 53.3 Å². The van der Waals surface area contributed by atoms with Gasteiger partial charge in [0, 0.05) is 23.6 Å². The molecule has 0 radical (unpaired) electrons. The number of carbonyl (C=O) groups excluding carboxylic acids is 1. The Hall–Kier alpha value is -2.51. The first-order chi connectivity index (χ1) is 11.7. The standard InChI is InChI=1S/C17H16N4O2S/c18-16-15(19-5-6-20-16)12-10-21(7-8-23-12)17(22)14-9-11-3-1-2-4-13(11)24-14/h1-6,9,12H,7-8,10H2,(H2,18,20)/t12-/m0/s1. The van der Waals surface area contributed by atoms with Gasteiger partial charge in [-0.1, -0.05) is 18.2 Å². The van der Waals surface area contributed by atoms with Crippen LogP contribution in [0.25, 0.3) is 10.1 Å². The number of fused-ring (bicyclic) bond motifs is 1. The molecule has 1 saturated heterocycles. The van der Waals surface area contributed by atoms with Crippen LogP contribution in [0.5, 0.6) is 0 Å². The fourth-order valence-corrected chi connectivity index (χ4v) is 3.88. The van der Waals surface area contributed by atoms with E-state index in [1.54, 1.807) is 17.3 Å². The van der Waals surface area contributed by atoms with Gasteiger partial charge < -0.3 is 15.4 Å². The van der Waals surface area contributed by atoms with Crippen molar-refractivity contribution < 1.29 is 9.53 Å². The molecule has 7 heteroatoms. The molecule has 2 N–H and O–H groups in total. The first-order valence-corrected chi connectivity index (χ1v) is 8.50. The van der Waals surface area contributed by atoms with Gasteiger partial charge in [0.05, 0.1) is 18.0 Å². The highest BCUT2D eigenvalue weighted by Gasteiger charge is 2.29. The van der Waals surface area contributed by atoms with E-state index in [0.717, 1.165) is 15.0 Å². The average molecular weight is 340 g/mol. The Balaban J connectivity index is 1.57. The molecule has 4 rings (SSSR count). The van der Waals surface area contributed by atoms with E-state index < -0.39 is 0 Å². The fraction of sp³-hybridized carbons (Fsp3) is 0.235.